The summed E-state index contributed by atoms with van der Waals surface area (Å²) in [6, 6.07) is 7.87. The van der Waals surface area contributed by atoms with Gasteiger partial charge in [-0.3, -0.25) is 4.98 Å². The molecule has 1 aromatic carbocycles. The molecule has 2 aromatic heterocycles. The number of hydrogen-bond acceptors (Lipinski definition) is 6. The Morgan fingerprint density at radius 1 is 1.26 bits per heavy atom. The normalized spacial score (nSPS) is 11.0. The number of rotatable bonds is 7. The maximum Gasteiger partial charge on any atom is 0.206 e. The highest BCUT2D eigenvalue weighted by Crippen LogP contribution is 2.32. The number of aromatic nitrogens is 3. The smallest absolute Gasteiger partial charge is 0.206 e. The Morgan fingerprint density at radius 2 is 2.17 bits per heavy atom. The predicted octanol–water partition coefficient (Wildman–Crippen LogP) is 5.24. The van der Waals surface area contributed by atoms with Crippen LogP contribution >= 0.6 is 34.7 Å². The van der Waals surface area contributed by atoms with Crippen molar-refractivity contribution in [1.82, 2.24) is 15.2 Å². The third-order valence-electron chi connectivity index (χ3n) is 3.36. The van der Waals surface area contributed by atoms with Gasteiger partial charge in [0.15, 0.2) is 4.34 Å². The SMILES string of the molecule is CCCCNc1nnc(SCc2ccc(Cl)c3cccnc23)s1. The van der Waals surface area contributed by atoms with Gasteiger partial charge in [0, 0.05) is 28.9 Å². The van der Waals surface area contributed by atoms with Gasteiger partial charge in [0.1, 0.15) is 0 Å². The number of nitrogens with zero attached hydrogens (tertiary/aromatic N) is 3. The van der Waals surface area contributed by atoms with Gasteiger partial charge in [0.2, 0.25) is 5.13 Å². The van der Waals surface area contributed by atoms with E-state index in [0.29, 0.717) is 0 Å². The van der Waals surface area contributed by atoms with Gasteiger partial charge in [-0.15, -0.1) is 10.2 Å². The van der Waals surface area contributed by atoms with Crippen molar-refractivity contribution in [2.75, 3.05) is 11.9 Å². The van der Waals surface area contributed by atoms with E-state index in [2.05, 4.69) is 27.4 Å². The first kappa shape index (κ1) is 16.5. The maximum atomic E-state index is 6.23. The van der Waals surface area contributed by atoms with Crippen LogP contribution < -0.4 is 5.32 Å². The third-order valence-corrected chi connectivity index (χ3v) is 5.76. The fourth-order valence-electron chi connectivity index (χ4n) is 2.16. The number of nitrogens with one attached hydrogen (secondary N) is 1. The highest BCUT2D eigenvalue weighted by Gasteiger charge is 2.09. The number of unbranched alkanes of at least 4 members (excludes halogenated alkanes) is 1. The van der Waals surface area contributed by atoms with Crippen LogP contribution in [0.5, 0.6) is 0 Å². The van der Waals surface area contributed by atoms with Crippen LogP contribution in [0.4, 0.5) is 5.13 Å². The molecule has 0 radical (unpaired) electrons. The van der Waals surface area contributed by atoms with Crippen molar-refractivity contribution in [3.05, 3.63) is 41.0 Å². The summed E-state index contributed by atoms with van der Waals surface area (Å²) in [5.41, 5.74) is 2.11. The van der Waals surface area contributed by atoms with Crippen molar-refractivity contribution in [2.45, 2.75) is 29.9 Å². The number of benzene rings is 1. The minimum Gasteiger partial charge on any atom is -0.360 e. The lowest BCUT2D eigenvalue weighted by molar-refractivity contribution is 0.830. The molecule has 120 valence electrons. The molecule has 7 heteroatoms. The van der Waals surface area contributed by atoms with Crippen molar-refractivity contribution in [2.24, 2.45) is 0 Å². The van der Waals surface area contributed by atoms with Crippen molar-refractivity contribution in [1.29, 1.82) is 0 Å². The van der Waals surface area contributed by atoms with Crippen LogP contribution in [0, 0.1) is 0 Å². The summed E-state index contributed by atoms with van der Waals surface area (Å²) in [7, 11) is 0. The Kier molecular flexibility index (Phi) is 5.70. The van der Waals surface area contributed by atoms with Gasteiger partial charge >= 0.3 is 0 Å². The molecular weight excluding hydrogens is 348 g/mol. The molecule has 0 unspecified atom stereocenters. The average Bonchev–Trinajstić information content (AvgIpc) is 3.03. The molecule has 23 heavy (non-hydrogen) atoms. The van der Waals surface area contributed by atoms with E-state index in [9.17, 15) is 0 Å². The molecule has 0 bridgehead atoms. The van der Waals surface area contributed by atoms with Gasteiger partial charge in [-0.25, -0.2) is 0 Å². The number of pyridine rings is 1. The standard InChI is InChI=1S/C16H17ClN4S2/c1-2-3-8-19-15-20-21-16(23-15)22-10-11-6-7-13(17)12-5-4-9-18-14(11)12/h4-7,9H,2-3,8,10H2,1H3,(H,19,20). The second-order valence-electron chi connectivity index (χ2n) is 5.05. The van der Waals surface area contributed by atoms with Crippen LogP contribution in [0.15, 0.2) is 34.8 Å². The zero-order valence-corrected chi connectivity index (χ0v) is 15.1. The number of fused-ring (bicyclic) bond motifs is 1. The summed E-state index contributed by atoms with van der Waals surface area (Å²) in [5, 5.41) is 14.3. The second kappa shape index (κ2) is 7.95. The minimum absolute atomic E-state index is 0.736. The predicted molar refractivity (Wildman–Crippen MR) is 99.6 cm³/mol. The van der Waals surface area contributed by atoms with Gasteiger partial charge in [0.25, 0.3) is 0 Å². The Bertz CT molecular complexity index is 791. The zero-order valence-electron chi connectivity index (χ0n) is 12.8. The molecule has 0 saturated heterocycles. The molecule has 3 rings (SSSR count). The topological polar surface area (TPSA) is 50.7 Å². The lowest BCUT2D eigenvalue weighted by Crippen LogP contribution is -1.99. The first-order valence-electron chi connectivity index (χ1n) is 7.50. The van der Waals surface area contributed by atoms with Crippen LogP contribution in [0.1, 0.15) is 25.3 Å². The lowest BCUT2D eigenvalue weighted by atomic mass is 10.1. The Labute approximate surface area is 148 Å². The van der Waals surface area contributed by atoms with Gasteiger partial charge in [0.05, 0.1) is 5.52 Å². The monoisotopic (exact) mass is 364 g/mol. The van der Waals surface area contributed by atoms with Gasteiger partial charge in [-0.1, -0.05) is 54.1 Å². The fraction of sp³-hybridized carbons (Fsp3) is 0.312. The minimum atomic E-state index is 0.736. The summed E-state index contributed by atoms with van der Waals surface area (Å²) in [6.45, 7) is 3.12. The van der Waals surface area contributed by atoms with Gasteiger partial charge in [-0.05, 0) is 30.2 Å². The van der Waals surface area contributed by atoms with Crippen LogP contribution in [0.3, 0.4) is 0 Å². The molecule has 0 aliphatic carbocycles. The van der Waals surface area contributed by atoms with Crippen LogP contribution in [0.25, 0.3) is 10.9 Å². The molecular formula is C16H17ClN4S2. The van der Waals surface area contributed by atoms with E-state index in [1.165, 1.54) is 6.42 Å². The summed E-state index contributed by atoms with van der Waals surface area (Å²) in [5.74, 6) is 0.800. The molecule has 0 aliphatic rings. The quantitative estimate of drug-likeness (QED) is 0.458. The summed E-state index contributed by atoms with van der Waals surface area (Å²) >= 11 is 9.50. The highest BCUT2D eigenvalue weighted by atomic mass is 35.5. The van der Waals surface area contributed by atoms with E-state index in [1.807, 2.05) is 24.3 Å². The number of halogens is 1. The zero-order chi connectivity index (χ0) is 16.1. The van der Waals surface area contributed by atoms with Crippen molar-refractivity contribution >= 4 is 50.7 Å². The van der Waals surface area contributed by atoms with Crippen molar-refractivity contribution in [3.63, 3.8) is 0 Å². The second-order valence-corrected chi connectivity index (χ2v) is 7.66. The first-order valence-corrected chi connectivity index (χ1v) is 9.68. The molecule has 0 saturated carbocycles. The number of thioether (sulfide) groups is 1. The summed E-state index contributed by atoms with van der Waals surface area (Å²) in [4.78, 5) is 4.47. The number of hydrogen-bond donors (Lipinski definition) is 1. The first-order chi connectivity index (χ1) is 11.3. The molecule has 3 aromatic rings. The molecule has 2 heterocycles. The van der Waals surface area contributed by atoms with Crippen molar-refractivity contribution < 1.29 is 0 Å². The van der Waals surface area contributed by atoms with Crippen LogP contribution in [-0.4, -0.2) is 21.7 Å². The highest BCUT2D eigenvalue weighted by molar-refractivity contribution is 8.00. The average molecular weight is 365 g/mol. The van der Waals surface area contributed by atoms with E-state index in [-0.39, 0.29) is 0 Å². The van der Waals surface area contributed by atoms with Crippen LogP contribution in [-0.2, 0) is 5.75 Å². The van der Waals surface area contributed by atoms with E-state index >= 15 is 0 Å². The summed E-state index contributed by atoms with van der Waals surface area (Å²) < 4.78 is 0.961. The van der Waals surface area contributed by atoms with E-state index in [1.54, 1.807) is 29.3 Å². The van der Waals surface area contributed by atoms with E-state index in [0.717, 1.165) is 49.7 Å². The van der Waals surface area contributed by atoms with Gasteiger partial charge < -0.3 is 5.32 Å². The molecule has 0 amide bonds. The van der Waals surface area contributed by atoms with E-state index < -0.39 is 0 Å². The van der Waals surface area contributed by atoms with Crippen LogP contribution in [0.2, 0.25) is 5.02 Å². The Balaban J connectivity index is 1.68. The molecule has 0 spiro atoms. The third kappa shape index (κ3) is 4.13. The molecule has 1 N–H and O–H groups in total. The fourth-order valence-corrected chi connectivity index (χ4v) is 4.14. The molecule has 0 aliphatic heterocycles. The largest absolute Gasteiger partial charge is 0.360 e. The Morgan fingerprint density at radius 3 is 3.04 bits per heavy atom. The van der Waals surface area contributed by atoms with Gasteiger partial charge in [-0.2, -0.15) is 0 Å². The maximum absolute atomic E-state index is 6.23. The summed E-state index contributed by atoms with van der Waals surface area (Å²) in [6.07, 6.45) is 4.11. The van der Waals surface area contributed by atoms with Crippen molar-refractivity contribution in [3.8, 4) is 0 Å². The van der Waals surface area contributed by atoms with E-state index in [4.69, 9.17) is 11.6 Å². The Hall–Kier alpha value is -1.37. The molecule has 0 atom stereocenters. The molecule has 4 nitrogen and oxygen atoms in total. The molecule has 0 fully saturated rings. The lowest BCUT2D eigenvalue weighted by Gasteiger charge is -2.05. The number of anilines is 1.